The molecule has 1 aliphatic heterocycles. The van der Waals surface area contributed by atoms with Crippen LogP contribution in [0.3, 0.4) is 0 Å². The van der Waals surface area contributed by atoms with Gasteiger partial charge >= 0.3 is 6.09 Å². The van der Waals surface area contributed by atoms with E-state index in [0.29, 0.717) is 29.9 Å². The summed E-state index contributed by atoms with van der Waals surface area (Å²) < 4.78 is 23.5. The molecule has 0 atom stereocenters. The van der Waals surface area contributed by atoms with Crippen LogP contribution in [0.15, 0.2) is 47.4 Å². The molecule has 0 bridgehead atoms. The minimum Gasteiger partial charge on any atom is -0.444 e. The summed E-state index contributed by atoms with van der Waals surface area (Å²) in [5.74, 6) is 0.670. The molecule has 11 heteroatoms. The molecule has 4 heterocycles. The fourth-order valence-electron chi connectivity index (χ4n) is 4.86. The van der Waals surface area contributed by atoms with Gasteiger partial charge in [0.2, 0.25) is 5.95 Å². The zero-order valence-corrected chi connectivity index (χ0v) is 24.5. The molecule has 216 valence electrons. The van der Waals surface area contributed by atoms with Gasteiger partial charge in [0.15, 0.2) is 11.5 Å². The molecule has 0 spiro atoms. The summed E-state index contributed by atoms with van der Waals surface area (Å²) in [7, 11) is 0. The van der Waals surface area contributed by atoms with Crippen LogP contribution in [-0.4, -0.2) is 47.5 Å². The summed E-state index contributed by atoms with van der Waals surface area (Å²) in [6, 6.07) is 10.8. The predicted octanol–water partition coefficient (Wildman–Crippen LogP) is 5.80. The standard InChI is InChI=1S/C30H36FN7O3/c1-18(2)37-26(39)22-16-32-27(35-25(22)38(37)24-10-8-9-23(34-24)30(6,7)31)33-21-12-11-19-13-14-36(17-20(19)15-21)28(40)41-29(3,4)5/h8-12,15-16,18H,13-14,17H2,1-7H3,(H,32,33,35). The van der Waals surface area contributed by atoms with Crippen molar-refractivity contribution in [2.45, 2.75) is 78.7 Å². The molecule has 5 rings (SSSR count). The third kappa shape index (κ3) is 5.79. The van der Waals surface area contributed by atoms with Gasteiger partial charge in [-0.25, -0.2) is 28.5 Å². The summed E-state index contributed by atoms with van der Waals surface area (Å²) >= 11 is 0. The summed E-state index contributed by atoms with van der Waals surface area (Å²) in [4.78, 5) is 41.3. The Morgan fingerprint density at radius 3 is 2.51 bits per heavy atom. The van der Waals surface area contributed by atoms with Crippen molar-refractivity contribution in [3.63, 3.8) is 0 Å². The highest BCUT2D eigenvalue weighted by atomic mass is 19.1. The normalized spacial score (nSPS) is 13.9. The Morgan fingerprint density at radius 2 is 1.83 bits per heavy atom. The quantitative estimate of drug-likeness (QED) is 0.328. The highest BCUT2D eigenvalue weighted by Gasteiger charge is 2.27. The number of aromatic nitrogens is 5. The van der Waals surface area contributed by atoms with Gasteiger partial charge in [0.25, 0.3) is 5.56 Å². The van der Waals surface area contributed by atoms with Crippen LogP contribution >= 0.6 is 0 Å². The average molecular weight is 562 g/mol. The number of benzene rings is 1. The predicted molar refractivity (Wildman–Crippen MR) is 156 cm³/mol. The molecule has 1 amide bonds. The van der Waals surface area contributed by atoms with Gasteiger partial charge in [0.1, 0.15) is 16.7 Å². The highest BCUT2D eigenvalue weighted by molar-refractivity contribution is 5.77. The van der Waals surface area contributed by atoms with E-state index < -0.39 is 11.3 Å². The lowest BCUT2D eigenvalue weighted by Gasteiger charge is -2.31. The van der Waals surface area contributed by atoms with E-state index in [1.807, 2.05) is 52.8 Å². The number of fused-ring (bicyclic) bond motifs is 2. The first kappa shape index (κ1) is 28.3. The first-order valence-electron chi connectivity index (χ1n) is 13.7. The molecule has 0 unspecified atom stereocenters. The largest absolute Gasteiger partial charge is 0.444 e. The zero-order valence-electron chi connectivity index (χ0n) is 24.5. The number of amides is 1. The van der Waals surface area contributed by atoms with Crippen LogP contribution in [0.2, 0.25) is 0 Å². The van der Waals surface area contributed by atoms with Crippen LogP contribution in [0.4, 0.5) is 20.8 Å². The van der Waals surface area contributed by atoms with Crippen LogP contribution in [0.1, 0.15) is 71.3 Å². The number of carbonyl (C=O) groups excluding carboxylic acids is 1. The SMILES string of the molecule is CC(C)n1c(=O)c2cnc(Nc3ccc4c(c3)CN(C(=O)OC(C)(C)C)CC4)nc2n1-c1cccc(C(C)(C)F)n1. The molecular formula is C30H36FN7O3. The van der Waals surface area contributed by atoms with Gasteiger partial charge in [0.05, 0.1) is 5.69 Å². The van der Waals surface area contributed by atoms with Gasteiger partial charge in [-0.2, -0.15) is 4.98 Å². The fraction of sp³-hybridized carbons (Fsp3) is 0.433. The van der Waals surface area contributed by atoms with Gasteiger partial charge in [-0.15, -0.1) is 0 Å². The van der Waals surface area contributed by atoms with Crippen molar-refractivity contribution in [2.24, 2.45) is 0 Å². The van der Waals surface area contributed by atoms with Crippen LogP contribution in [0.5, 0.6) is 0 Å². The minimum absolute atomic E-state index is 0.217. The van der Waals surface area contributed by atoms with Crippen molar-refractivity contribution in [2.75, 3.05) is 11.9 Å². The van der Waals surface area contributed by atoms with E-state index in [9.17, 15) is 14.0 Å². The molecule has 41 heavy (non-hydrogen) atoms. The first-order chi connectivity index (χ1) is 19.2. The Kier molecular flexibility index (Phi) is 7.08. The van der Waals surface area contributed by atoms with Crippen molar-refractivity contribution < 1.29 is 13.9 Å². The number of pyridine rings is 1. The average Bonchev–Trinajstić information content (AvgIpc) is 3.18. The summed E-state index contributed by atoms with van der Waals surface area (Å²) in [6.07, 6.45) is 1.89. The molecule has 1 N–H and O–H groups in total. The van der Waals surface area contributed by atoms with Crippen molar-refractivity contribution in [1.82, 2.24) is 29.2 Å². The number of nitrogens with one attached hydrogen (secondary N) is 1. The Balaban J connectivity index is 1.50. The highest BCUT2D eigenvalue weighted by Crippen LogP contribution is 2.27. The fourth-order valence-corrected chi connectivity index (χ4v) is 4.86. The van der Waals surface area contributed by atoms with Crippen molar-refractivity contribution in [3.8, 4) is 5.82 Å². The number of anilines is 2. The Labute approximate surface area is 238 Å². The monoisotopic (exact) mass is 561 g/mol. The lowest BCUT2D eigenvalue weighted by atomic mass is 9.99. The van der Waals surface area contributed by atoms with E-state index in [4.69, 9.17) is 9.72 Å². The van der Waals surface area contributed by atoms with E-state index in [0.717, 1.165) is 23.2 Å². The third-order valence-corrected chi connectivity index (χ3v) is 6.80. The van der Waals surface area contributed by atoms with E-state index in [-0.39, 0.29) is 29.3 Å². The topological polar surface area (TPSA) is 107 Å². The molecule has 0 saturated carbocycles. The lowest BCUT2D eigenvalue weighted by Crippen LogP contribution is -2.39. The molecule has 0 radical (unpaired) electrons. The second-order valence-electron chi connectivity index (χ2n) is 12.1. The van der Waals surface area contributed by atoms with Gasteiger partial charge < -0.3 is 15.0 Å². The number of hydrogen-bond donors (Lipinski definition) is 1. The Bertz CT molecular complexity index is 1680. The van der Waals surface area contributed by atoms with Crippen LogP contribution in [0, 0.1) is 0 Å². The molecule has 10 nitrogen and oxygen atoms in total. The van der Waals surface area contributed by atoms with Crippen LogP contribution in [0.25, 0.3) is 16.9 Å². The molecule has 1 aliphatic rings. The van der Waals surface area contributed by atoms with Gasteiger partial charge in [-0.3, -0.25) is 4.79 Å². The van der Waals surface area contributed by atoms with Gasteiger partial charge in [-0.05, 0) is 90.3 Å². The Morgan fingerprint density at radius 1 is 1.07 bits per heavy atom. The molecule has 0 fully saturated rings. The van der Waals surface area contributed by atoms with E-state index in [1.165, 1.54) is 20.0 Å². The van der Waals surface area contributed by atoms with Gasteiger partial charge in [-0.1, -0.05) is 12.1 Å². The number of nitrogens with zero attached hydrogens (tertiary/aromatic N) is 6. The molecule has 0 saturated heterocycles. The lowest BCUT2D eigenvalue weighted by molar-refractivity contribution is 0.0224. The van der Waals surface area contributed by atoms with Gasteiger partial charge in [0, 0.05) is 31.0 Å². The molecule has 4 aromatic rings. The van der Waals surface area contributed by atoms with Crippen molar-refractivity contribution >= 4 is 28.8 Å². The smallest absolute Gasteiger partial charge is 0.410 e. The number of hydrogen-bond acceptors (Lipinski definition) is 7. The van der Waals surface area contributed by atoms with Crippen LogP contribution < -0.4 is 10.9 Å². The first-order valence-corrected chi connectivity index (χ1v) is 13.7. The Hall–Kier alpha value is -4.28. The number of ether oxygens (including phenoxy) is 1. The zero-order chi connectivity index (χ0) is 29.7. The maximum absolute atomic E-state index is 14.8. The number of alkyl halides is 1. The summed E-state index contributed by atoms with van der Waals surface area (Å²) in [5, 5.41) is 3.57. The summed E-state index contributed by atoms with van der Waals surface area (Å²) in [5.41, 5.74) is 1.04. The van der Waals surface area contributed by atoms with Crippen LogP contribution in [-0.2, 0) is 23.4 Å². The molecule has 0 aliphatic carbocycles. The van der Waals surface area contributed by atoms with Crippen molar-refractivity contribution in [3.05, 3.63) is 69.8 Å². The number of rotatable bonds is 5. The maximum Gasteiger partial charge on any atom is 0.410 e. The van der Waals surface area contributed by atoms with E-state index >= 15 is 0 Å². The second kappa shape index (κ2) is 10.3. The summed E-state index contributed by atoms with van der Waals surface area (Å²) in [6.45, 7) is 13.2. The second-order valence-corrected chi connectivity index (χ2v) is 12.1. The van der Waals surface area contributed by atoms with E-state index in [2.05, 4.69) is 15.3 Å². The van der Waals surface area contributed by atoms with E-state index in [1.54, 1.807) is 32.5 Å². The maximum atomic E-state index is 14.8. The number of halogens is 1. The minimum atomic E-state index is -1.66. The molecule has 3 aromatic heterocycles. The third-order valence-electron chi connectivity index (χ3n) is 6.80. The molecular weight excluding hydrogens is 525 g/mol. The van der Waals surface area contributed by atoms with Crippen molar-refractivity contribution in [1.29, 1.82) is 0 Å². The molecule has 1 aromatic carbocycles. The number of carbonyl (C=O) groups is 1.